The molecule has 0 aromatic heterocycles. The Balaban J connectivity index is 2.03. The summed E-state index contributed by atoms with van der Waals surface area (Å²) in [4.78, 5) is 13.6. The summed E-state index contributed by atoms with van der Waals surface area (Å²) in [6.45, 7) is 2.59. The molecular weight excluding hydrogens is 326 g/mol. The van der Waals surface area contributed by atoms with Crippen LogP contribution in [0.2, 0.25) is 0 Å². The number of quaternary nitrogens is 1. The monoisotopic (exact) mass is 354 g/mol. The molecule has 0 spiro atoms. The number of rotatable bonds is 6. The van der Waals surface area contributed by atoms with Gasteiger partial charge in [-0.1, -0.05) is 12.8 Å². The van der Waals surface area contributed by atoms with E-state index in [0.29, 0.717) is 25.2 Å². The number of nitrogens with one attached hydrogen (secondary N) is 2. The molecule has 0 radical (unpaired) electrons. The third-order valence-electron chi connectivity index (χ3n) is 4.23. The second kappa shape index (κ2) is 8.60. The predicted molar refractivity (Wildman–Crippen MR) is 93.7 cm³/mol. The smallest absolute Gasteiger partial charge is 0.251 e. The van der Waals surface area contributed by atoms with E-state index in [9.17, 15) is 13.2 Å². The number of amides is 1. The lowest BCUT2D eigenvalue weighted by molar-refractivity contribution is -0.856. The quantitative estimate of drug-likeness (QED) is 0.763. The number of nitrogens with zero attached hydrogens (tertiary/aromatic N) is 1. The van der Waals surface area contributed by atoms with Gasteiger partial charge in [-0.05, 0) is 37.1 Å². The molecule has 7 heteroatoms. The molecule has 1 aliphatic rings. The molecule has 2 N–H and O–H groups in total. The predicted octanol–water partition coefficient (Wildman–Crippen LogP) is 0.126. The first kappa shape index (κ1) is 18.9. The van der Waals surface area contributed by atoms with Crippen molar-refractivity contribution in [3.8, 4) is 0 Å². The van der Waals surface area contributed by atoms with E-state index < -0.39 is 10.0 Å². The summed E-state index contributed by atoms with van der Waals surface area (Å²) >= 11 is 0. The molecule has 2 rings (SSSR count). The van der Waals surface area contributed by atoms with Gasteiger partial charge in [-0.2, -0.15) is 4.31 Å². The Morgan fingerprint density at radius 1 is 1.08 bits per heavy atom. The molecule has 0 aliphatic carbocycles. The van der Waals surface area contributed by atoms with Crippen LogP contribution in [0.3, 0.4) is 0 Å². The summed E-state index contributed by atoms with van der Waals surface area (Å²) in [5.41, 5.74) is 0.485. The molecule has 1 aromatic rings. The Hall–Kier alpha value is -1.44. The SMILES string of the molecule is C[NH+](C)CCNC(=O)c1ccc(S(=O)(=O)N2CCCCCC2)cc1. The number of sulfonamides is 1. The van der Waals surface area contributed by atoms with E-state index >= 15 is 0 Å². The van der Waals surface area contributed by atoms with Gasteiger partial charge in [0.1, 0.15) is 0 Å². The number of carbonyl (C=O) groups is 1. The second-order valence-electron chi connectivity index (χ2n) is 6.56. The fourth-order valence-electron chi connectivity index (χ4n) is 2.74. The number of benzene rings is 1. The first-order valence-corrected chi connectivity index (χ1v) is 10.0. The summed E-state index contributed by atoms with van der Waals surface area (Å²) in [7, 11) is 0.587. The Morgan fingerprint density at radius 2 is 1.67 bits per heavy atom. The average molecular weight is 354 g/mol. The van der Waals surface area contributed by atoms with Crippen molar-refractivity contribution in [3.05, 3.63) is 29.8 Å². The van der Waals surface area contributed by atoms with Gasteiger partial charge in [0.25, 0.3) is 5.91 Å². The minimum atomic E-state index is -3.46. The zero-order valence-electron chi connectivity index (χ0n) is 14.5. The van der Waals surface area contributed by atoms with Crippen molar-refractivity contribution in [2.45, 2.75) is 30.6 Å². The Bertz CT molecular complexity index is 634. The van der Waals surface area contributed by atoms with Gasteiger partial charge in [0.2, 0.25) is 10.0 Å². The van der Waals surface area contributed by atoms with E-state index in [2.05, 4.69) is 5.32 Å². The van der Waals surface area contributed by atoms with E-state index in [4.69, 9.17) is 0 Å². The third-order valence-corrected chi connectivity index (χ3v) is 6.14. The molecule has 1 aromatic carbocycles. The molecule has 0 saturated carbocycles. The summed E-state index contributed by atoms with van der Waals surface area (Å²) in [6.07, 6.45) is 3.99. The van der Waals surface area contributed by atoms with Crippen molar-refractivity contribution in [3.63, 3.8) is 0 Å². The zero-order valence-corrected chi connectivity index (χ0v) is 15.4. The van der Waals surface area contributed by atoms with Crippen LogP contribution in [0.4, 0.5) is 0 Å². The molecule has 1 saturated heterocycles. The van der Waals surface area contributed by atoms with Gasteiger partial charge in [-0.25, -0.2) is 8.42 Å². The largest absolute Gasteiger partial charge is 0.346 e. The Labute approximate surface area is 144 Å². The standard InChI is InChI=1S/C17H27N3O3S/c1-19(2)14-11-18-17(21)15-7-9-16(10-8-15)24(22,23)20-12-5-3-4-6-13-20/h7-10H,3-6,11-14H2,1-2H3,(H,18,21)/p+1. The van der Waals surface area contributed by atoms with Crippen LogP contribution in [0.15, 0.2) is 29.2 Å². The van der Waals surface area contributed by atoms with Gasteiger partial charge in [0, 0.05) is 18.7 Å². The highest BCUT2D eigenvalue weighted by Gasteiger charge is 2.25. The minimum absolute atomic E-state index is 0.171. The fraction of sp³-hybridized carbons (Fsp3) is 0.588. The molecule has 134 valence electrons. The van der Waals surface area contributed by atoms with Crippen molar-refractivity contribution < 1.29 is 18.1 Å². The van der Waals surface area contributed by atoms with Crippen molar-refractivity contribution in [1.82, 2.24) is 9.62 Å². The molecule has 6 nitrogen and oxygen atoms in total. The molecule has 0 unspecified atom stereocenters. The topological polar surface area (TPSA) is 70.9 Å². The van der Waals surface area contributed by atoms with Crippen LogP contribution in [0, 0.1) is 0 Å². The van der Waals surface area contributed by atoms with E-state index in [1.54, 1.807) is 16.4 Å². The molecule has 1 fully saturated rings. The van der Waals surface area contributed by atoms with Gasteiger partial charge in [0.05, 0.1) is 32.1 Å². The van der Waals surface area contributed by atoms with E-state index in [1.165, 1.54) is 17.0 Å². The highest BCUT2D eigenvalue weighted by atomic mass is 32.2. The van der Waals surface area contributed by atoms with Gasteiger partial charge >= 0.3 is 0 Å². The lowest BCUT2D eigenvalue weighted by Gasteiger charge is -2.20. The van der Waals surface area contributed by atoms with Crippen LogP contribution in [-0.2, 0) is 10.0 Å². The van der Waals surface area contributed by atoms with Gasteiger partial charge in [-0.15, -0.1) is 0 Å². The van der Waals surface area contributed by atoms with Gasteiger partial charge in [0.15, 0.2) is 0 Å². The summed E-state index contributed by atoms with van der Waals surface area (Å²) in [5.74, 6) is -0.171. The van der Waals surface area contributed by atoms with Crippen molar-refractivity contribution >= 4 is 15.9 Å². The van der Waals surface area contributed by atoms with E-state index in [-0.39, 0.29) is 10.8 Å². The van der Waals surface area contributed by atoms with Crippen LogP contribution in [0.5, 0.6) is 0 Å². The Morgan fingerprint density at radius 3 is 2.21 bits per heavy atom. The van der Waals surface area contributed by atoms with Crippen molar-refractivity contribution in [1.29, 1.82) is 0 Å². The zero-order chi connectivity index (χ0) is 17.6. The van der Waals surface area contributed by atoms with Crippen molar-refractivity contribution in [2.24, 2.45) is 0 Å². The summed E-state index contributed by atoms with van der Waals surface area (Å²) in [6, 6.07) is 6.24. The molecule has 0 atom stereocenters. The highest BCUT2D eigenvalue weighted by Crippen LogP contribution is 2.20. The van der Waals surface area contributed by atoms with Crippen LogP contribution >= 0.6 is 0 Å². The molecule has 1 heterocycles. The third kappa shape index (κ3) is 5.03. The Kier molecular flexibility index (Phi) is 6.77. The van der Waals surface area contributed by atoms with Crippen molar-refractivity contribution in [2.75, 3.05) is 40.3 Å². The minimum Gasteiger partial charge on any atom is -0.346 e. The van der Waals surface area contributed by atoms with Crippen LogP contribution in [0.1, 0.15) is 36.0 Å². The molecule has 1 aliphatic heterocycles. The number of hydrogen-bond acceptors (Lipinski definition) is 3. The fourth-order valence-corrected chi connectivity index (χ4v) is 4.25. The maximum absolute atomic E-state index is 12.7. The van der Waals surface area contributed by atoms with Gasteiger partial charge in [-0.3, -0.25) is 4.79 Å². The lowest BCUT2D eigenvalue weighted by Crippen LogP contribution is -3.06. The second-order valence-corrected chi connectivity index (χ2v) is 8.49. The summed E-state index contributed by atoms with van der Waals surface area (Å²) < 4.78 is 26.9. The maximum Gasteiger partial charge on any atom is 0.251 e. The number of likely N-dealkylation sites (N-methyl/N-ethyl adjacent to an activating group) is 1. The molecule has 0 bridgehead atoms. The molecule has 24 heavy (non-hydrogen) atoms. The highest BCUT2D eigenvalue weighted by molar-refractivity contribution is 7.89. The normalized spacial score (nSPS) is 16.8. The van der Waals surface area contributed by atoms with E-state index in [0.717, 1.165) is 32.2 Å². The molecule has 1 amide bonds. The number of hydrogen-bond donors (Lipinski definition) is 2. The first-order chi connectivity index (χ1) is 11.4. The van der Waals surface area contributed by atoms with Crippen LogP contribution < -0.4 is 10.2 Å². The summed E-state index contributed by atoms with van der Waals surface area (Å²) in [5, 5.41) is 2.84. The number of carbonyl (C=O) groups excluding carboxylic acids is 1. The first-order valence-electron chi connectivity index (χ1n) is 8.59. The molecular formula is C17H28N3O3S+. The van der Waals surface area contributed by atoms with Gasteiger partial charge < -0.3 is 10.2 Å². The lowest BCUT2D eigenvalue weighted by atomic mass is 10.2. The maximum atomic E-state index is 12.7. The average Bonchev–Trinajstić information content (AvgIpc) is 2.84. The van der Waals surface area contributed by atoms with E-state index in [1.807, 2.05) is 14.1 Å². The van der Waals surface area contributed by atoms with Crippen LogP contribution in [-0.4, -0.2) is 58.9 Å². The van der Waals surface area contributed by atoms with Crippen LogP contribution in [0.25, 0.3) is 0 Å².